The molecule has 0 radical (unpaired) electrons. The maximum Gasteiger partial charge on any atom is 0.134 e. The van der Waals surface area contributed by atoms with Gasteiger partial charge in [-0.25, -0.2) is 9.97 Å². The number of hydrogen-bond donors (Lipinski definition) is 2. The van der Waals surface area contributed by atoms with Gasteiger partial charge in [0.25, 0.3) is 0 Å². The summed E-state index contributed by atoms with van der Waals surface area (Å²) in [6.45, 7) is 2.74. The van der Waals surface area contributed by atoms with Gasteiger partial charge in [0, 0.05) is 31.0 Å². The largest absolute Gasteiger partial charge is 0.366 e. The van der Waals surface area contributed by atoms with Crippen molar-refractivity contribution in [2.75, 3.05) is 18.4 Å². The predicted molar refractivity (Wildman–Crippen MR) is 114 cm³/mol. The Morgan fingerprint density at radius 1 is 1.04 bits per heavy atom. The average molecular weight is 425 g/mol. The first-order chi connectivity index (χ1) is 12.4. The molecule has 1 aliphatic heterocycles. The fraction of sp³-hybridized carbons (Fsp3) is 0.444. The van der Waals surface area contributed by atoms with Crippen molar-refractivity contribution in [3.8, 4) is 0 Å². The Morgan fingerprint density at radius 3 is 2.70 bits per heavy atom. The third-order valence-electron chi connectivity index (χ3n) is 4.92. The number of nitrogens with zero attached hydrogens (tertiary/aromatic N) is 4. The molecule has 1 aliphatic carbocycles. The first-order valence-electron chi connectivity index (χ1n) is 8.92. The molecule has 0 amide bonds. The molecule has 9 heteroatoms. The van der Waals surface area contributed by atoms with E-state index in [1.807, 2.05) is 6.07 Å². The van der Waals surface area contributed by atoms with E-state index >= 15 is 0 Å². The molecule has 5 rings (SSSR count). The summed E-state index contributed by atoms with van der Waals surface area (Å²) in [5.74, 6) is 2.62. The SMILES string of the molecule is Cl.Cl.c1cc2nsnc2cc1CNc1nc(C2CC2)nc2c1CCNCC2. The highest BCUT2D eigenvalue weighted by Crippen LogP contribution is 2.39. The third kappa shape index (κ3) is 4.32. The van der Waals surface area contributed by atoms with Gasteiger partial charge < -0.3 is 10.6 Å². The highest BCUT2D eigenvalue weighted by Gasteiger charge is 2.29. The number of aromatic nitrogens is 4. The van der Waals surface area contributed by atoms with Gasteiger partial charge in [0.15, 0.2) is 0 Å². The quantitative estimate of drug-likeness (QED) is 0.667. The zero-order chi connectivity index (χ0) is 16.6. The first-order valence-corrected chi connectivity index (χ1v) is 9.65. The molecule has 144 valence electrons. The van der Waals surface area contributed by atoms with Crippen LogP contribution in [0.2, 0.25) is 0 Å². The monoisotopic (exact) mass is 424 g/mol. The van der Waals surface area contributed by atoms with E-state index < -0.39 is 0 Å². The molecule has 0 unspecified atom stereocenters. The topological polar surface area (TPSA) is 75.6 Å². The van der Waals surface area contributed by atoms with E-state index in [-0.39, 0.29) is 24.8 Å². The molecule has 0 atom stereocenters. The molecule has 2 aliphatic rings. The van der Waals surface area contributed by atoms with Crippen LogP contribution < -0.4 is 10.6 Å². The van der Waals surface area contributed by atoms with E-state index in [1.165, 1.54) is 41.4 Å². The van der Waals surface area contributed by atoms with Crippen molar-refractivity contribution in [1.82, 2.24) is 24.0 Å². The molecule has 27 heavy (non-hydrogen) atoms. The molecule has 0 bridgehead atoms. The molecule has 3 heterocycles. The van der Waals surface area contributed by atoms with Crippen molar-refractivity contribution in [2.24, 2.45) is 0 Å². The van der Waals surface area contributed by atoms with Crippen molar-refractivity contribution in [1.29, 1.82) is 0 Å². The predicted octanol–water partition coefficient (Wildman–Crippen LogP) is 3.50. The zero-order valence-corrected chi connectivity index (χ0v) is 17.2. The molecule has 1 aromatic carbocycles. The molecule has 3 aromatic rings. The van der Waals surface area contributed by atoms with Crippen molar-refractivity contribution < 1.29 is 0 Å². The first kappa shape index (κ1) is 20.2. The Labute approximate surface area is 174 Å². The standard InChI is InChI=1S/C18H20N6S.2ClH/c1-4-15-16(24-25-23-15)9-11(1)10-20-18-13-5-7-19-8-6-14(13)21-17(22-18)12-2-3-12;;/h1,4,9,12,19H,2-3,5-8,10H2,(H,20,21,22);2*1H. The van der Waals surface area contributed by atoms with E-state index in [0.29, 0.717) is 5.92 Å². The minimum Gasteiger partial charge on any atom is -0.366 e. The number of fused-ring (bicyclic) bond motifs is 2. The summed E-state index contributed by atoms with van der Waals surface area (Å²) in [6, 6.07) is 6.25. The summed E-state index contributed by atoms with van der Waals surface area (Å²) >= 11 is 1.26. The summed E-state index contributed by atoms with van der Waals surface area (Å²) in [7, 11) is 0. The Hall–Kier alpha value is -1.54. The smallest absolute Gasteiger partial charge is 0.134 e. The number of hydrogen-bond acceptors (Lipinski definition) is 7. The summed E-state index contributed by atoms with van der Waals surface area (Å²) in [5.41, 5.74) is 5.64. The van der Waals surface area contributed by atoms with Gasteiger partial charge >= 0.3 is 0 Å². The maximum atomic E-state index is 4.88. The third-order valence-corrected chi connectivity index (χ3v) is 5.48. The Bertz CT molecular complexity index is 927. The van der Waals surface area contributed by atoms with Crippen LogP contribution in [0.1, 0.15) is 41.4 Å². The van der Waals surface area contributed by atoms with Gasteiger partial charge in [-0.2, -0.15) is 8.75 Å². The fourth-order valence-corrected chi connectivity index (χ4v) is 3.88. The second-order valence-corrected chi connectivity index (χ2v) is 7.35. The van der Waals surface area contributed by atoms with Crippen molar-refractivity contribution in [3.05, 3.63) is 40.8 Å². The van der Waals surface area contributed by atoms with E-state index in [9.17, 15) is 0 Å². The average Bonchev–Trinajstić information content (AvgIpc) is 3.41. The van der Waals surface area contributed by atoms with Gasteiger partial charge in [-0.1, -0.05) is 6.07 Å². The lowest BCUT2D eigenvalue weighted by Crippen LogP contribution is -2.16. The Morgan fingerprint density at radius 2 is 1.85 bits per heavy atom. The van der Waals surface area contributed by atoms with E-state index in [1.54, 1.807) is 0 Å². The number of rotatable bonds is 4. The Balaban J connectivity index is 0.00000105. The molecule has 1 fully saturated rings. The van der Waals surface area contributed by atoms with Crippen LogP contribution in [0.3, 0.4) is 0 Å². The van der Waals surface area contributed by atoms with Crippen LogP contribution in [0.25, 0.3) is 11.0 Å². The minimum atomic E-state index is 0. The molecular weight excluding hydrogens is 403 g/mol. The molecule has 2 aromatic heterocycles. The minimum absolute atomic E-state index is 0. The van der Waals surface area contributed by atoms with Gasteiger partial charge in [-0.15, -0.1) is 24.8 Å². The molecule has 6 nitrogen and oxygen atoms in total. The van der Waals surface area contributed by atoms with Crippen LogP contribution in [-0.2, 0) is 19.4 Å². The number of nitrogens with one attached hydrogen (secondary N) is 2. The summed E-state index contributed by atoms with van der Waals surface area (Å²) in [4.78, 5) is 9.76. The van der Waals surface area contributed by atoms with Gasteiger partial charge in [0.2, 0.25) is 0 Å². The Kier molecular flexibility index (Phi) is 6.47. The van der Waals surface area contributed by atoms with Crippen LogP contribution in [0.5, 0.6) is 0 Å². The number of anilines is 1. The molecule has 0 saturated heterocycles. The van der Waals surface area contributed by atoms with Gasteiger partial charge in [-0.05, 0) is 43.5 Å². The highest BCUT2D eigenvalue weighted by molar-refractivity contribution is 7.00. The van der Waals surface area contributed by atoms with Crippen LogP contribution in [0.15, 0.2) is 18.2 Å². The van der Waals surface area contributed by atoms with E-state index in [4.69, 9.17) is 9.97 Å². The normalized spacial score (nSPS) is 16.0. The van der Waals surface area contributed by atoms with E-state index in [2.05, 4.69) is 31.5 Å². The van der Waals surface area contributed by atoms with Crippen LogP contribution in [-0.4, -0.2) is 31.8 Å². The highest BCUT2D eigenvalue weighted by atomic mass is 35.5. The van der Waals surface area contributed by atoms with E-state index in [0.717, 1.165) is 55.2 Å². The molecule has 0 spiro atoms. The lowest BCUT2D eigenvalue weighted by atomic mass is 10.1. The maximum absolute atomic E-state index is 4.88. The lowest BCUT2D eigenvalue weighted by Gasteiger charge is -2.15. The van der Waals surface area contributed by atoms with Gasteiger partial charge in [-0.3, -0.25) is 0 Å². The fourth-order valence-electron chi connectivity index (χ4n) is 3.36. The second kappa shape index (κ2) is 8.65. The van der Waals surface area contributed by atoms with Gasteiger partial charge in [0.05, 0.1) is 17.4 Å². The van der Waals surface area contributed by atoms with Crippen molar-refractivity contribution in [2.45, 2.75) is 38.1 Å². The number of benzene rings is 1. The van der Waals surface area contributed by atoms with Crippen LogP contribution in [0, 0.1) is 0 Å². The summed E-state index contributed by atoms with van der Waals surface area (Å²) in [6.07, 6.45) is 4.42. The van der Waals surface area contributed by atoms with Crippen molar-refractivity contribution in [3.63, 3.8) is 0 Å². The molecular formula is C18H22Cl2N6S. The summed E-state index contributed by atoms with van der Waals surface area (Å²) in [5, 5.41) is 7.04. The molecule has 1 saturated carbocycles. The van der Waals surface area contributed by atoms with Crippen LogP contribution in [0.4, 0.5) is 5.82 Å². The van der Waals surface area contributed by atoms with Crippen LogP contribution >= 0.6 is 36.5 Å². The molecule has 2 N–H and O–H groups in total. The second-order valence-electron chi connectivity index (χ2n) is 6.82. The van der Waals surface area contributed by atoms with Crippen molar-refractivity contribution >= 4 is 53.4 Å². The number of halogens is 2. The zero-order valence-electron chi connectivity index (χ0n) is 14.8. The summed E-state index contributed by atoms with van der Waals surface area (Å²) < 4.78 is 8.60. The lowest BCUT2D eigenvalue weighted by molar-refractivity contribution is 0.707. The van der Waals surface area contributed by atoms with Gasteiger partial charge in [0.1, 0.15) is 22.7 Å².